The lowest BCUT2D eigenvalue weighted by Gasteiger charge is -2.60. The van der Waals surface area contributed by atoms with Crippen LogP contribution in [0.15, 0.2) is 0 Å². The highest BCUT2D eigenvalue weighted by Crippen LogP contribution is 2.66. The smallest absolute Gasteiger partial charge is 0.121 e. The molecule has 4 aliphatic rings. The number of rotatable bonds is 4. The molecule has 4 fully saturated rings. The maximum atomic E-state index is 10.9. The van der Waals surface area contributed by atoms with Crippen LogP contribution in [-0.4, -0.2) is 46.8 Å². The van der Waals surface area contributed by atoms with Crippen LogP contribution < -0.4 is 0 Å². The third-order valence-corrected chi connectivity index (χ3v) is 8.13. The summed E-state index contributed by atoms with van der Waals surface area (Å²) in [4.78, 5) is 0. The fourth-order valence-corrected chi connectivity index (χ4v) is 6.44. The Labute approximate surface area is 145 Å². The van der Waals surface area contributed by atoms with Gasteiger partial charge in [-0.05, 0) is 61.7 Å². The van der Waals surface area contributed by atoms with Crippen LogP contribution >= 0.6 is 0 Å². The average molecular weight is 338 g/mol. The van der Waals surface area contributed by atoms with Gasteiger partial charge in [0, 0.05) is 0 Å². The number of fused-ring (bicyclic) bond motifs is 1. The summed E-state index contributed by atoms with van der Waals surface area (Å²) in [5, 5.41) is 21.6. The van der Waals surface area contributed by atoms with Crippen molar-refractivity contribution in [2.24, 2.45) is 22.7 Å². The van der Waals surface area contributed by atoms with Crippen molar-refractivity contribution >= 4 is 0 Å². The van der Waals surface area contributed by atoms with E-state index < -0.39 is 5.60 Å². The summed E-state index contributed by atoms with van der Waals surface area (Å²) in [6, 6.07) is 0. The van der Waals surface area contributed by atoms with Gasteiger partial charge in [0.15, 0.2) is 0 Å². The molecule has 2 aliphatic carbocycles. The Bertz CT molecular complexity index is 506. The van der Waals surface area contributed by atoms with Crippen molar-refractivity contribution in [1.82, 2.24) is 0 Å². The number of epoxide rings is 2. The van der Waals surface area contributed by atoms with Gasteiger partial charge in [-0.25, -0.2) is 0 Å². The van der Waals surface area contributed by atoms with Gasteiger partial charge in [-0.2, -0.15) is 0 Å². The first-order valence-electron chi connectivity index (χ1n) is 9.78. The number of aliphatic hydroxyl groups is 2. The van der Waals surface area contributed by atoms with Gasteiger partial charge >= 0.3 is 0 Å². The van der Waals surface area contributed by atoms with Gasteiger partial charge in [0.25, 0.3) is 0 Å². The van der Waals surface area contributed by atoms with Crippen LogP contribution in [0, 0.1) is 22.7 Å². The molecule has 1 spiro atoms. The highest BCUT2D eigenvalue weighted by molar-refractivity contribution is 5.17. The van der Waals surface area contributed by atoms with E-state index in [1.54, 1.807) is 0 Å². The largest absolute Gasteiger partial charge is 0.390 e. The molecule has 4 nitrogen and oxygen atoms in total. The van der Waals surface area contributed by atoms with Crippen molar-refractivity contribution in [1.29, 1.82) is 0 Å². The fraction of sp³-hybridized carbons (Fsp3) is 1.00. The van der Waals surface area contributed by atoms with E-state index in [1.807, 2.05) is 6.92 Å². The minimum atomic E-state index is -0.755. The van der Waals surface area contributed by atoms with Crippen LogP contribution in [0.5, 0.6) is 0 Å². The molecular formula is C20H34O4. The zero-order valence-corrected chi connectivity index (χ0v) is 15.7. The monoisotopic (exact) mass is 338 g/mol. The molecule has 0 amide bonds. The Morgan fingerprint density at radius 3 is 2.46 bits per heavy atom. The molecule has 2 N–H and O–H groups in total. The molecule has 2 heterocycles. The molecule has 0 bridgehead atoms. The van der Waals surface area contributed by atoms with E-state index in [0.29, 0.717) is 25.0 Å². The molecule has 2 saturated heterocycles. The summed E-state index contributed by atoms with van der Waals surface area (Å²) in [5.74, 6) is 0.847. The van der Waals surface area contributed by atoms with Crippen LogP contribution in [0.1, 0.15) is 66.2 Å². The third kappa shape index (κ3) is 2.48. The van der Waals surface area contributed by atoms with Gasteiger partial charge in [0.1, 0.15) is 11.7 Å². The Kier molecular flexibility index (Phi) is 3.73. The standard InChI is InChI=1S/C20H34O4/c1-17(2)7-5-8-18(3)13(6-9-19(4,22)16-11-23-16)20(12-24-20)15(21)10-14(17)18/h13-16,21-22H,5-12H2,1-4H3. The lowest BCUT2D eigenvalue weighted by molar-refractivity contribution is -0.158. The van der Waals surface area contributed by atoms with E-state index in [1.165, 1.54) is 19.3 Å². The highest BCUT2D eigenvalue weighted by Gasteiger charge is 2.69. The topological polar surface area (TPSA) is 65.5 Å². The van der Waals surface area contributed by atoms with Crippen LogP contribution in [0.25, 0.3) is 0 Å². The summed E-state index contributed by atoms with van der Waals surface area (Å²) in [6.07, 6.45) is 5.84. The van der Waals surface area contributed by atoms with Crippen molar-refractivity contribution in [3.05, 3.63) is 0 Å². The van der Waals surface area contributed by atoms with Crippen LogP contribution in [0.3, 0.4) is 0 Å². The second kappa shape index (κ2) is 5.18. The molecule has 2 aliphatic heterocycles. The normalized spacial score (nSPS) is 51.8. The molecule has 0 aromatic carbocycles. The Balaban J connectivity index is 1.61. The van der Waals surface area contributed by atoms with Crippen molar-refractivity contribution in [3.8, 4) is 0 Å². The molecule has 24 heavy (non-hydrogen) atoms. The lowest BCUT2D eigenvalue weighted by atomic mass is 9.45. The summed E-state index contributed by atoms with van der Waals surface area (Å²) in [5.41, 5.74) is -0.642. The molecule has 0 aromatic heterocycles. The summed E-state index contributed by atoms with van der Waals surface area (Å²) < 4.78 is 11.3. The van der Waals surface area contributed by atoms with E-state index in [9.17, 15) is 10.2 Å². The molecule has 0 radical (unpaired) electrons. The molecule has 0 aromatic rings. The van der Waals surface area contributed by atoms with E-state index in [2.05, 4.69) is 20.8 Å². The van der Waals surface area contributed by atoms with Crippen molar-refractivity contribution in [2.75, 3.05) is 13.2 Å². The Morgan fingerprint density at radius 2 is 1.88 bits per heavy atom. The summed E-state index contributed by atoms with van der Waals surface area (Å²) >= 11 is 0. The lowest BCUT2D eigenvalue weighted by Crippen LogP contribution is -2.60. The van der Waals surface area contributed by atoms with Gasteiger partial charge < -0.3 is 19.7 Å². The first kappa shape index (κ1) is 17.3. The first-order chi connectivity index (χ1) is 11.1. The number of hydrogen-bond acceptors (Lipinski definition) is 4. The van der Waals surface area contributed by atoms with Gasteiger partial charge in [-0.3, -0.25) is 0 Å². The van der Waals surface area contributed by atoms with Gasteiger partial charge in [0.05, 0.1) is 24.9 Å². The van der Waals surface area contributed by atoms with E-state index >= 15 is 0 Å². The third-order valence-electron chi connectivity index (χ3n) is 8.13. The van der Waals surface area contributed by atoms with Crippen molar-refractivity contribution in [3.63, 3.8) is 0 Å². The van der Waals surface area contributed by atoms with Crippen LogP contribution in [0.4, 0.5) is 0 Å². The number of hydrogen-bond donors (Lipinski definition) is 2. The van der Waals surface area contributed by atoms with Gasteiger partial charge in [-0.1, -0.05) is 27.2 Å². The summed E-state index contributed by atoms with van der Waals surface area (Å²) in [6.45, 7) is 10.4. The quantitative estimate of drug-likeness (QED) is 0.774. The van der Waals surface area contributed by atoms with Crippen molar-refractivity contribution in [2.45, 2.75) is 89.6 Å². The molecule has 4 heteroatoms. The molecule has 4 rings (SSSR count). The molecular weight excluding hydrogens is 304 g/mol. The van der Waals surface area contributed by atoms with Crippen LogP contribution in [-0.2, 0) is 9.47 Å². The number of ether oxygens (including phenoxy) is 2. The van der Waals surface area contributed by atoms with Crippen molar-refractivity contribution < 1.29 is 19.7 Å². The van der Waals surface area contributed by atoms with Gasteiger partial charge in [-0.15, -0.1) is 0 Å². The Morgan fingerprint density at radius 1 is 1.21 bits per heavy atom. The predicted octanol–water partition coefficient (Wildman–Crippen LogP) is 2.90. The maximum absolute atomic E-state index is 10.9. The Hall–Kier alpha value is -0.160. The average Bonchev–Trinajstić information content (AvgIpc) is 3.34. The predicted molar refractivity (Wildman–Crippen MR) is 91.6 cm³/mol. The minimum Gasteiger partial charge on any atom is -0.390 e. The van der Waals surface area contributed by atoms with E-state index in [0.717, 1.165) is 19.3 Å². The second-order valence-electron chi connectivity index (χ2n) is 10.2. The SMILES string of the molecule is CC1(C)CCCC2(C)C1CC(O)C1(CO1)C2CCC(C)(O)C1CO1. The zero-order chi connectivity index (χ0) is 17.4. The molecule has 7 atom stereocenters. The first-order valence-corrected chi connectivity index (χ1v) is 9.78. The van der Waals surface area contributed by atoms with E-state index in [4.69, 9.17) is 9.47 Å². The maximum Gasteiger partial charge on any atom is 0.121 e. The minimum absolute atomic E-state index is 0.00603. The molecule has 7 unspecified atom stereocenters. The zero-order valence-electron chi connectivity index (χ0n) is 15.7. The number of aliphatic hydroxyl groups excluding tert-OH is 1. The van der Waals surface area contributed by atoms with Crippen LogP contribution in [0.2, 0.25) is 0 Å². The molecule has 2 saturated carbocycles. The van der Waals surface area contributed by atoms with Gasteiger partial charge in [0.2, 0.25) is 0 Å². The second-order valence-corrected chi connectivity index (χ2v) is 10.2. The highest BCUT2D eigenvalue weighted by atomic mass is 16.6. The summed E-state index contributed by atoms with van der Waals surface area (Å²) in [7, 11) is 0. The fourth-order valence-electron chi connectivity index (χ4n) is 6.44. The molecule has 138 valence electrons. The van der Waals surface area contributed by atoms with E-state index in [-0.39, 0.29) is 28.6 Å².